The van der Waals surface area contributed by atoms with Crippen LogP contribution in [0.4, 0.5) is 29.0 Å². The minimum Gasteiger partial charge on any atom is -0.397 e. The van der Waals surface area contributed by atoms with E-state index in [-0.39, 0.29) is 57.2 Å². The molecule has 4 aromatic rings. The maximum absolute atomic E-state index is 13.6. The normalized spacial score (nSPS) is 17.7. The fourth-order valence-electron chi connectivity index (χ4n) is 5.99. The average molecular weight is 780 g/mol. The molecule has 0 radical (unpaired) electrons. The molecular weight excluding hydrogens is 754 g/mol. The summed E-state index contributed by atoms with van der Waals surface area (Å²) in [5.41, 5.74) is 4.78. The quantitative estimate of drug-likeness (QED) is 0.0834. The summed E-state index contributed by atoms with van der Waals surface area (Å²) < 4.78 is 100. The number of nitrogens with one attached hydrogen (secondary N) is 3. The van der Waals surface area contributed by atoms with Crippen molar-refractivity contribution in [2.45, 2.75) is 52.5 Å². The van der Waals surface area contributed by atoms with Gasteiger partial charge in [0.2, 0.25) is 17.2 Å². The highest BCUT2D eigenvalue weighted by atomic mass is 35.5. The molecule has 1 saturated carbocycles. The summed E-state index contributed by atoms with van der Waals surface area (Å²) in [5.74, 6) is -1.60. The zero-order chi connectivity index (χ0) is 37.0. The van der Waals surface area contributed by atoms with Gasteiger partial charge in [-0.05, 0) is 61.5 Å². The summed E-state index contributed by atoms with van der Waals surface area (Å²) in [6.07, 6.45) is 1.82. The monoisotopic (exact) mass is 779 g/mol. The molecule has 1 fully saturated rings. The van der Waals surface area contributed by atoms with Crippen LogP contribution >= 0.6 is 11.6 Å². The van der Waals surface area contributed by atoms with Gasteiger partial charge in [0.1, 0.15) is 9.79 Å². The number of hydrogen-bond donors (Lipinski definition) is 7. The number of fused-ring (bicyclic) bond motifs is 2. The van der Waals surface area contributed by atoms with Crippen LogP contribution in [0.2, 0.25) is 5.28 Å². The van der Waals surface area contributed by atoms with Crippen LogP contribution in [0.15, 0.2) is 63.2 Å². The van der Waals surface area contributed by atoms with Gasteiger partial charge in [-0.15, -0.1) is 0 Å². The molecule has 51 heavy (non-hydrogen) atoms. The van der Waals surface area contributed by atoms with E-state index in [9.17, 15) is 48.5 Å². The van der Waals surface area contributed by atoms with E-state index in [2.05, 4.69) is 30.9 Å². The summed E-state index contributed by atoms with van der Waals surface area (Å²) in [6.45, 7) is 0. The molecule has 268 valence electrons. The number of carbonyl (C=O) groups excluding carboxylic acids is 2. The lowest BCUT2D eigenvalue weighted by Gasteiger charge is -2.32. The number of nitrogens with two attached hydrogens (primary N) is 1. The first-order valence-electron chi connectivity index (χ1n) is 14.7. The van der Waals surface area contributed by atoms with Crippen molar-refractivity contribution in [1.29, 1.82) is 0 Å². The van der Waals surface area contributed by atoms with Crippen molar-refractivity contribution >= 4 is 82.5 Å². The zero-order valence-corrected chi connectivity index (χ0v) is 28.9. The first kappa shape index (κ1) is 36.0. The van der Waals surface area contributed by atoms with Gasteiger partial charge >= 0.3 is 0 Å². The lowest BCUT2D eigenvalue weighted by molar-refractivity contribution is 0.0980. The Morgan fingerprint density at radius 1 is 0.667 bits per heavy atom. The van der Waals surface area contributed by atoms with Crippen LogP contribution in [0.25, 0.3) is 0 Å². The Morgan fingerprint density at radius 2 is 1.22 bits per heavy atom. The molecule has 0 bridgehead atoms. The maximum atomic E-state index is 13.6. The van der Waals surface area contributed by atoms with Crippen molar-refractivity contribution in [2.24, 2.45) is 0 Å². The second kappa shape index (κ2) is 13.1. The molecule has 0 atom stereocenters. The minimum atomic E-state index is -4.89. The summed E-state index contributed by atoms with van der Waals surface area (Å²) >= 11 is 6.07. The van der Waals surface area contributed by atoms with Gasteiger partial charge in [-0.3, -0.25) is 23.2 Å². The molecule has 22 heteroatoms. The third-order valence-electron chi connectivity index (χ3n) is 8.28. The van der Waals surface area contributed by atoms with Crippen LogP contribution in [0.1, 0.15) is 57.5 Å². The number of halogens is 1. The molecule has 1 aromatic heterocycles. The van der Waals surface area contributed by atoms with Gasteiger partial charge in [-0.25, -0.2) is 0 Å². The minimum absolute atomic E-state index is 0.0124. The van der Waals surface area contributed by atoms with Crippen molar-refractivity contribution in [3.8, 4) is 0 Å². The fourth-order valence-corrected chi connectivity index (χ4v) is 7.93. The van der Waals surface area contributed by atoms with Crippen molar-refractivity contribution < 1.29 is 48.5 Å². The number of carbonyl (C=O) groups is 2. The number of nitrogens with zero attached hydrogens (tertiary/aromatic N) is 3. The fraction of sp³-hybridized carbons (Fsp3) is 0.207. The van der Waals surface area contributed by atoms with Gasteiger partial charge in [0, 0.05) is 28.9 Å². The van der Waals surface area contributed by atoms with E-state index < -0.39 is 68.0 Å². The second-order valence-electron chi connectivity index (χ2n) is 11.6. The van der Waals surface area contributed by atoms with E-state index in [1.807, 2.05) is 0 Å². The molecule has 0 amide bonds. The molecule has 18 nitrogen and oxygen atoms in total. The standard InChI is InChI=1S/C29H26ClN7O11S3/c30-27-35-28(37-29(36-27)34-18-11-15(49(40,41)42)9-10-20(18)50(43,44)45)33-14-7-5-13(6-8-14)32-19-12-21(51(46,47)48)24(31)23-22(19)25(38)16-3-1-2-4-17(16)26(23)39/h1-4,9-14,32H,5-8,31H2,(H,40,41,42)(H,43,44,45)(H,46,47,48)(H2,33,34,35,36,37). The molecule has 0 aliphatic heterocycles. The van der Waals surface area contributed by atoms with Crippen LogP contribution in [0, 0.1) is 0 Å². The van der Waals surface area contributed by atoms with Crippen molar-refractivity contribution in [1.82, 2.24) is 15.0 Å². The number of ketones is 2. The van der Waals surface area contributed by atoms with E-state index in [1.165, 1.54) is 12.1 Å². The molecule has 6 rings (SSSR count). The largest absolute Gasteiger partial charge is 0.397 e. The van der Waals surface area contributed by atoms with E-state index in [0.29, 0.717) is 25.7 Å². The summed E-state index contributed by atoms with van der Waals surface area (Å²) in [5, 5.41) is 8.37. The zero-order valence-electron chi connectivity index (χ0n) is 25.7. The van der Waals surface area contributed by atoms with Crippen LogP contribution < -0.4 is 21.7 Å². The number of nitrogen functional groups attached to an aromatic ring is 1. The van der Waals surface area contributed by atoms with Gasteiger partial charge in [0.15, 0.2) is 11.6 Å². The van der Waals surface area contributed by atoms with Gasteiger partial charge in [-0.2, -0.15) is 40.2 Å². The van der Waals surface area contributed by atoms with E-state index in [0.717, 1.165) is 24.3 Å². The highest BCUT2D eigenvalue weighted by Gasteiger charge is 2.37. The van der Waals surface area contributed by atoms with Crippen molar-refractivity contribution in [3.63, 3.8) is 0 Å². The lowest BCUT2D eigenvalue weighted by Crippen LogP contribution is -2.34. The third-order valence-corrected chi connectivity index (χ3v) is 11.1. The van der Waals surface area contributed by atoms with Crippen LogP contribution in [-0.4, -0.2) is 77.5 Å². The van der Waals surface area contributed by atoms with Crippen LogP contribution in [-0.2, 0) is 30.4 Å². The number of anilines is 5. The Balaban J connectivity index is 1.21. The molecule has 3 aromatic carbocycles. The SMILES string of the molecule is Nc1c(S(=O)(=O)O)cc(NC2CCC(Nc3nc(Cl)nc(Nc4cc(S(=O)(=O)O)ccc4S(=O)(=O)O)n3)CC2)c2c1C(=O)c1ccccc1C2=O. The molecule has 1 heterocycles. The molecule has 2 aliphatic carbocycles. The number of hydrogen-bond acceptors (Lipinski definition) is 15. The van der Waals surface area contributed by atoms with Gasteiger partial charge < -0.3 is 21.7 Å². The average Bonchev–Trinajstić information content (AvgIpc) is 3.03. The predicted octanol–water partition coefficient (Wildman–Crippen LogP) is 3.20. The highest BCUT2D eigenvalue weighted by molar-refractivity contribution is 7.86. The summed E-state index contributed by atoms with van der Waals surface area (Å²) in [7, 11) is -14.5. The highest BCUT2D eigenvalue weighted by Crippen LogP contribution is 2.40. The molecule has 0 saturated heterocycles. The predicted molar refractivity (Wildman–Crippen MR) is 181 cm³/mol. The Labute approximate surface area is 295 Å². The van der Waals surface area contributed by atoms with Gasteiger partial charge in [0.25, 0.3) is 30.4 Å². The van der Waals surface area contributed by atoms with Gasteiger partial charge in [-0.1, -0.05) is 24.3 Å². The summed E-state index contributed by atoms with van der Waals surface area (Å²) in [6, 6.07) is 8.75. The van der Waals surface area contributed by atoms with Crippen LogP contribution in [0.3, 0.4) is 0 Å². The van der Waals surface area contributed by atoms with E-state index >= 15 is 0 Å². The Hall–Kier alpha value is -4.77. The smallest absolute Gasteiger partial charge is 0.296 e. The first-order valence-corrected chi connectivity index (χ1v) is 19.4. The maximum Gasteiger partial charge on any atom is 0.296 e. The van der Waals surface area contributed by atoms with Gasteiger partial charge in [0.05, 0.1) is 27.4 Å². The number of benzene rings is 3. The van der Waals surface area contributed by atoms with Crippen molar-refractivity contribution in [2.75, 3.05) is 21.7 Å². The van der Waals surface area contributed by atoms with Crippen LogP contribution in [0.5, 0.6) is 0 Å². The third kappa shape index (κ3) is 7.35. The molecule has 0 spiro atoms. The molecule has 0 unspecified atom stereocenters. The van der Waals surface area contributed by atoms with E-state index in [4.69, 9.17) is 17.3 Å². The molecule has 8 N–H and O–H groups in total. The number of rotatable bonds is 9. The molecule has 2 aliphatic rings. The Bertz CT molecular complexity index is 2470. The van der Waals surface area contributed by atoms with Crippen molar-refractivity contribution in [3.05, 3.63) is 76.1 Å². The number of aromatic nitrogens is 3. The topological polar surface area (TPSA) is 298 Å². The summed E-state index contributed by atoms with van der Waals surface area (Å²) in [4.78, 5) is 36.9. The Morgan fingerprint density at radius 3 is 1.78 bits per heavy atom. The van der Waals surface area contributed by atoms with E-state index in [1.54, 1.807) is 12.1 Å². The molecular formula is C29H26ClN7O11S3. The Kier molecular flexibility index (Phi) is 9.25. The lowest BCUT2D eigenvalue weighted by atomic mass is 9.82. The first-order chi connectivity index (χ1) is 23.8. The second-order valence-corrected chi connectivity index (χ2v) is 16.1.